The SMILES string of the molecule is CCCC(=O)OCC(=O)N1CCN(Cc2ccc(-c3cc4nccc(C)c4s3)nc2)CC1. The summed E-state index contributed by atoms with van der Waals surface area (Å²) in [5, 5.41) is 0. The molecule has 0 aliphatic carbocycles. The predicted octanol–water partition coefficient (Wildman–Crippen LogP) is 3.65. The lowest BCUT2D eigenvalue weighted by Crippen LogP contribution is -2.49. The van der Waals surface area contributed by atoms with Crippen LogP contribution in [0.3, 0.4) is 0 Å². The molecule has 1 amide bonds. The number of hydrogen-bond acceptors (Lipinski definition) is 7. The smallest absolute Gasteiger partial charge is 0.306 e. The number of fused-ring (bicyclic) bond motifs is 1. The molecule has 7 nitrogen and oxygen atoms in total. The topological polar surface area (TPSA) is 75.6 Å². The van der Waals surface area contributed by atoms with Gasteiger partial charge in [0.25, 0.3) is 5.91 Å². The lowest BCUT2D eigenvalue weighted by atomic mass is 10.2. The van der Waals surface area contributed by atoms with E-state index in [0.29, 0.717) is 19.5 Å². The van der Waals surface area contributed by atoms with E-state index in [4.69, 9.17) is 4.74 Å². The number of carbonyl (C=O) groups is 2. The maximum atomic E-state index is 12.2. The van der Waals surface area contributed by atoms with Crippen LogP contribution in [0.2, 0.25) is 0 Å². The Morgan fingerprint density at radius 3 is 2.62 bits per heavy atom. The minimum Gasteiger partial charge on any atom is -0.456 e. The van der Waals surface area contributed by atoms with Gasteiger partial charge in [0.05, 0.1) is 20.8 Å². The van der Waals surface area contributed by atoms with E-state index >= 15 is 0 Å². The number of amides is 1. The second-order valence-corrected chi connectivity index (χ2v) is 9.12. The van der Waals surface area contributed by atoms with Crippen LogP contribution in [0.4, 0.5) is 0 Å². The maximum absolute atomic E-state index is 12.2. The number of aryl methyl sites for hydroxylation is 1. The van der Waals surface area contributed by atoms with Crippen molar-refractivity contribution in [1.29, 1.82) is 0 Å². The number of piperazine rings is 1. The van der Waals surface area contributed by atoms with Crippen molar-refractivity contribution in [3.05, 3.63) is 47.8 Å². The lowest BCUT2D eigenvalue weighted by molar-refractivity contribution is -0.152. The van der Waals surface area contributed by atoms with Crippen molar-refractivity contribution in [2.45, 2.75) is 33.2 Å². The Morgan fingerprint density at radius 2 is 1.94 bits per heavy atom. The van der Waals surface area contributed by atoms with Crippen LogP contribution in [0.5, 0.6) is 0 Å². The number of pyridine rings is 2. The Kier molecular flexibility index (Phi) is 7.12. The average Bonchev–Trinajstić information content (AvgIpc) is 3.24. The molecular weight excluding hydrogens is 424 g/mol. The zero-order chi connectivity index (χ0) is 22.5. The van der Waals surface area contributed by atoms with Crippen molar-refractivity contribution >= 4 is 33.4 Å². The normalized spacial score (nSPS) is 14.6. The van der Waals surface area contributed by atoms with Crippen LogP contribution in [0, 0.1) is 6.92 Å². The van der Waals surface area contributed by atoms with Crippen LogP contribution in [0.1, 0.15) is 30.9 Å². The number of hydrogen-bond donors (Lipinski definition) is 0. The Morgan fingerprint density at radius 1 is 1.12 bits per heavy atom. The number of nitrogens with zero attached hydrogens (tertiary/aromatic N) is 4. The van der Waals surface area contributed by atoms with Gasteiger partial charge in [0, 0.05) is 51.5 Å². The van der Waals surface area contributed by atoms with Crippen molar-refractivity contribution in [3.63, 3.8) is 0 Å². The Bertz CT molecular complexity index is 1090. The number of rotatable bonds is 7. The third-order valence-corrected chi connectivity index (χ3v) is 6.91. The molecule has 3 aromatic heterocycles. The van der Waals surface area contributed by atoms with Crippen LogP contribution in [0.15, 0.2) is 36.7 Å². The molecule has 0 atom stereocenters. The second-order valence-electron chi connectivity index (χ2n) is 8.07. The van der Waals surface area contributed by atoms with Crippen LogP contribution >= 0.6 is 11.3 Å². The molecule has 168 valence electrons. The zero-order valence-electron chi connectivity index (χ0n) is 18.5. The average molecular weight is 453 g/mol. The predicted molar refractivity (Wildman–Crippen MR) is 125 cm³/mol. The number of ether oxygens (including phenoxy) is 1. The largest absolute Gasteiger partial charge is 0.456 e. The van der Waals surface area contributed by atoms with Crippen molar-refractivity contribution in [2.24, 2.45) is 0 Å². The molecule has 1 saturated heterocycles. The molecule has 3 aromatic rings. The molecule has 4 rings (SSSR count). The summed E-state index contributed by atoms with van der Waals surface area (Å²) in [6.07, 6.45) is 4.86. The summed E-state index contributed by atoms with van der Waals surface area (Å²) in [7, 11) is 0. The molecule has 32 heavy (non-hydrogen) atoms. The van der Waals surface area contributed by atoms with E-state index in [-0.39, 0.29) is 18.5 Å². The van der Waals surface area contributed by atoms with Crippen molar-refractivity contribution < 1.29 is 14.3 Å². The highest BCUT2D eigenvalue weighted by atomic mass is 32.1. The van der Waals surface area contributed by atoms with Crippen molar-refractivity contribution in [3.8, 4) is 10.6 Å². The van der Waals surface area contributed by atoms with Gasteiger partial charge in [-0.15, -0.1) is 11.3 Å². The minimum absolute atomic E-state index is 0.117. The summed E-state index contributed by atoms with van der Waals surface area (Å²) in [5.74, 6) is -0.425. The molecule has 0 N–H and O–H groups in total. The molecule has 1 aliphatic rings. The second kappa shape index (κ2) is 10.2. The van der Waals surface area contributed by atoms with Crippen LogP contribution in [0.25, 0.3) is 20.8 Å². The summed E-state index contributed by atoms with van der Waals surface area (Å²) in [5.41, 5.74) is 4.37. The van der Waals surface area contributed by atoms with E-state index in [9.17, 15) is 9.59 Å². The van der Waals surface area contributed by atoms with Gasteiger partial charge in [-0.3, -0.25) is 24.5 Å². The number of thiophene rings is 1. The summed E-state index contributed by atoms with van der Waals surface area (Å²) >= 11 is 1.73. The van der Waals surface area contributed by atoms with E-state index in [1.165, 1.54) is 10.3 Å². The highest BCUT2D eigenvalue weighted by Crippen LogP contribution is 2.33. The van der Waals surface area contributed by atoms with E-state index < -0.39 is 0 Å². The van der Waals surface area contributed by atoms with Crippen molar-refractivity contribution in [1.82, 2.24) is 19.8 Å². The van der Waals surface area contributed by atoms with Crippen molar-refractivity contribution in [2.75, 3.05) is 32.8 Å². The highest BCUT2D eigenvalue weighted by Gasteiger charge is 2.22. The minimum atomic E-state index is -0.308. The highest BCUT2D eigenvalue weighted by molar-refractivity contribution is 7.22. The Labute approximate surface area is 192 Å². The van der Waals surface area contributed by atoms with Gasteiger partial charge in [-0.1, -0.05) is 13.0 Å². The molecular formula is C24H28N4O3S. The molecule has 4 heterocycles. The van der Waals surface area contributed by atoms with Crippen LogP contribution in [-0.2, 0) is 20.9 Å². The first-order chi connectivity index (χ1) is 15.5. The first kappa shape index (κ1) is 22.4. The van der Waals surface area contributed by atoms with Gasteiger partial charge in [-0.05, 0) is 42.7 Å². The third-order valence-electron chi connectivity index (χ3n) is 5.63. The first-order valence-electron chi connectivity index (χ1n) is 11.0. The van der Waals surface area contributed by atoms with Gasteiger partial charge in [-0.25, -0.2) is 0 Å². The van der Waals surface area contributed by atoms with E-state index in [1.807, 2.05) is 25.4 Å². The van der Waals surface area contributed by atoms with Gasteiger partial charge in [0.2, 0.25) is 0 Å². The fourth-order valence-corrected chi connectivity index (χ4v) is 4.84. The Hall–Kier alpha value is -2.84. The molecule has 1 fully saturated rings. The van der Waals surface area contributed by atoms with Gasteiger partial charge >= 0.3 is 5.97 Å². The van der Waals surface area contributed by atoms with Gasteiger partial charge in [0.15, 0.2) is 6.61 Å². The number of carbonyl (C=O) groups excluding carboxylic acids is 2. The van der Waals surface area contributed by atoms with Crippen LogP contribution < -0.4 is 0 Å². The van der Waals surface area contributed by atoms with Crippen LogP contribution in [-0.4, -0.2) is 64.4 Å². The summed E-state index contributed by atoms with van der Waals surface area (Å²) < 4.78 is 6.25. The molecule has 0 saturated carbocycles. The van der Waals surface area contributed by atoms with Gasteiger partial charge in [-0.2, -0.15) is 0 Å². The maximum Gasteiger partial charge on any atom is 0.306 e. The van der Waals surface area contributed by atoms with E-state index in [1.54, 1.807) is 16.2 Å². The van der Waals surface area contributed by atoms with Gasteiger partial charge < -0.3 is 9.64 Å². The Balaban J connectivity index is 1.28. The molecule has 8 heteroatoms. The molecule has 0 aromatic carbocycles. The quantitative estimate of drug-likeness (QED) is 0.510. The fourth-order valence-electron chi connectivity index (χ4n) is 3.78. The molecule has 0 unspecified atom stereocenters. The molecule has 0 bridgehead atoms. The zero-order valence-corrected chi connectivity index (χ0v) is 19.4. The summed E-state index contributed by atoms with van der Waals surface area (Å²) in [4.78, 5) is 38.0. The molecule has 0 spiro atoms. The number of esters is 1. The first-order valence-corrected chi connectivity index (χ1v) is 11.8. The fraction of sp³-hybridized carbons (Fsp3) is 0.417. The molecule has 0 radical (unpaired) electrons. The number of aromatic nitrogens is 2. The monoisotopic (exact) mass is 452 g/mol. The summed E-state index contributed by atoms with van der Waals surface area (Å²) in [6.45, 7) is 7.52. The summed E-state index contributed by atoms with van der Waals surface area (Å²) in [6, 6.07) is 8.33. The van der Waals surface area contributed by atoms with E-state index in [0.717, 1.165) is 47.7 Å². The lowest BCUT2D eigenvalue weighted by Gasteiger charge is -2.34. The third kappa shape index (κ3) is 5.31. The molecule has 1 aliphatic heterocycles. The standard InChI is InChI=1S/C24H28N4O3S/c1-3-4-23(30)31-16-22(29)28-11-9-27(10-12-28)15-18-5-6-19(26-14-18)21-13-20-24(32-21)17(2)7-8-25-20/h5-8,13-14H,3-4,9-12,15-16H2,1-2H3. The van der Waals surface area contributed by atoms with Gasteiger partial charge in [0.1, 0.15) is 0 Å². The van der Waals surface area contributed by atoms with E-state index in [2.05, 4.69) is 40.0 Å².